The highest BCUT2D eigenvalue weighted by Gasteiger charge is 2.40. The molecular formula is C25H28BN5O5. The molecule has 2 aromatic carbocycles. The van der Waals surface area contributed by atoms with E-state index in [2.05, 4.69) is 16.6 Å². The van der Waals surface area contributed by atoms with Crippen LogP contribution in [0, 0.1) is 12.3 Å². The van der Waals surface area contributed by atoms with Crippen LogP contribution in [0.4, 0.5) is 4.79 Å². The summed E-state index contributed by atoms with van der Waals surface area (Å²) in [7, 11) is 1.92. The lowest BCUT2D eigenvalue weighted by Gasteiger charge is -2.44. The number of aliphatic carboxylic acids is 1. The van der Waals surface area contributed by atoms with Crippen LogP contribution in [0.1, 0.15) is 17.5 Å². The first-order chi connectivity index (χ1) is 17.3. The van der Waals surface area contributed by atoms with Crippen LogP contribution in [0.2, 0.25) is 0 Å². The van der Waals surface area contributed by atoms with Crippen molar-refractivity contribution in [1.82, 2.24) is 25.6 Å². The average molecular weight is 489 g/mol. The number of hydrogen-bond acceptors (Lipinski definition) is 5. The summed E-state index contributed by atoms with van der Waals surface area (Å²) >= 11 is 0. The van der Waals surface area contributed by atoms with Crippen LogP contribution in [0.5, 0.6) is 0 Å². The highest BCUT2D eigenvalue weighted by Crippen LogP contribution is 2.16. The number of urea groups is 1. The lowest BCUT2D eigenvalue weighted by Crippen LogP contribution is -2.66. The summed E-state index contributed by atoms with van der Waals surface area (Å²) in [6.45, 7) is -0.199. The SMILES string of the molecule is Bc1cccc(CNC(=O)[C@H](CC(=O)O)N2CN(C(=O)NCc3ccccc3)N(CC#C)CC2=O)c1. The highest BCUT2D eigenvalue weighted by molar-refractivity contribution is 6.32. The Hall–Kier alpha value is -4.30. The molecule has 1 aliphatic rings. The van der Waals surface area contributed by atoms with E-state index >= 15 is 0 Å². The van der Waals surface area contributed by atoms with Gasteiger partial charge < -0.3 is 20.6 Å². The standard InChI is InChI=1S/C25H28BN5O5/c1-2-11-29-16-22(32)30(17-31(29)25(36)28-14-18-7-4-3-5-8-18)21(13-23(33)34)24(35)27-15-19-9-6-10-20(26)12-19/h1,3-10,12,21H,11,13-17,26H2,(H,27,35)(H,28,36)(H,33,34)/t21-/m0/s1. The molecule has 0 aliphatic carbocycles. The van der Waals surface area contributed by atoms with Crippen LogP contribution >= 0.6 is 0 Å². The number of carbonyl (C=O) groups excluding carboxylic acids is 3. The monoisotopic (exact) mass is 489 g/mol. The Morgan fingerprint density at radius 3 is 2.42 bits per heavy atom. The van der Waals surface area contributed by atoms with Crippen molar-refractivity contribution in [2.24, 2.45) is 0 Å². The van der Waals surface area contributed by atoms with Crippen LogP contribution in [0.3, 0.4) is 0 Å². The first kappa shape index (κ1) is 26.3. The van der Waals surface area contributed by atoms with Gasteiger partial charge in [-0.1, -0.05) is 66.0 Å². The smallest absolute Gasteiger partial charge is 0.333 e. The van der Waals surface area contributed by atoms with Gasteiger partial charge in [0.1, 0.15) is 20.6 Å². The summed E-state index contributed by atoms with van der Waals surface area (Å²) in [5.74, 6) is 0.0449. The number of terminal acetylenes is 1. The molecule has 3 N–H and O–H groups in total. The van der Waals surface area contributed by atoms with Crippen LogP contribution in [0.25, 0.3) is 0 Å². The summed E-state index contributed by atoms with van der Waals surface area (Å²) in [4.78, 5) is 51.7. The van der Waals surface area contributed by atoms with Gasteiger partial charge in [0, 0.05) is 13.1 Å². The summed E-state index contributed by atoms with van der Waals surface area (Å²) in [6.07, 6.45) is 4.82. The Bertz CT molecular complexity index is 1150. The second-order valence-electron chi connectivity index (χ2n) is 8.40. The molecule has 4 amide bonds. The van der Waals surface area contributed by atoms with E-state index in [9.17, 15) is 24.3 Å². The molecule has 0 saturated carbocycles. The molecule has 0 unspecified atom stereocenters. The molecule has 11 heteroatoms. The Morgan fingerprint density at radius 2 is 1.75 bits per heavy atom. The van der Waals surface area contributed by atoms with E-state index in [1.165, 1.54) is 10.0 Å². The third-order valence-electron chi connectivity index (χ3n) is 5.66. The van der Waals surface area contributed by atoms with Gasteiger partial charge in [-0.25, -0.2) is 9.80 Å². The third kappa shape index (κ3) is 7.10. The second-order valence-corrected chi connectivity index (χ2v) is 8.40. The Balaban J connectivity index is 1.75. The third-order valence-corrected chi connectivity index (χ3v) is 5.66. The average Bonchev–Trinajstić information content (AvgIpc) is 2.85. The van der Waals surface area contributed by atoms with Crippen molar-refractivity contribution in [2.75, 3.05) is 19.8 Å². The Morgan fingerprint density at radius 1 is 1.06 bits per heavy atom. The quantitative estimate of drug-likeness (QED) is 0.315. The molecule has 3 rings (SSSR count). The minimum atomic E-state index is -1.31. The van der Waals surface area contributed by atoms with Crippen molar-refractivity contribution in [2.45, 2.75) is 25.6 Å². The van der Waals surface area contributed by atoms with Crippen molar-refractivity contribution < 1.29 is 24.3 Å². The molecule has 0 radical (unpaired) electrons. The maximum atomic E-state index is 13.0. The van der Waals surface area contributed by atoms with Crippen molar-refractivity contribution in [3.05, 3.63) is 65.7 Å². The number of carboxylic acid groups (broad SMARTS) is 1. The minimum Gasteiger partial charge on any atom is -0.481 e. The van der Waals surface area contributed by atoms with E-state index in [0.29, 0.717) is 0 Å². The lowest BCUT2D eigenvalue weighted by atomic mass is 9.94. The van der Waals surface area contributed by atoms with Crippen LogP contribution < -0.4 is 16.1 Å². The van der Waals surface area contributed by atoms with Gasteiger partial charge in [-0.3, -0.25) is 14.4 Å². The molecule has 1 fully saturated rings. The fraction of sp³-hybridized carbons (Fsp3) is 0.280. The van der Waals surface area contributed by atoms with Crippen molar-refractivity contribution >= 4 is 37.1 Å². The summed E-state index contributed by atoms with van der Waals surface area (Å²) in [6, 6.07) is 14.9. The topological polar surface area (TPSA) is 122 Å². The van der Waals surface area contributed by atoms with Gasteiger partial charge >= 0.3 is 12.0 Å². The van der Waals surface area contributed by atoms with Gasteiger partial charge in [-0.15, -0.1) is 6.42 Å². The van der Waals surface area contributed by atoms with Crippen LogP contribution in [-0.4, -0.2) is 77.5 Å². The first-order valence-electron chi connectivity index (χ1n) is 11.4. The summed E-state index contributed by atoms with van der Waals surface area (Å²) < 4.78 is 0. The molecule has 0 aromatic heterocycles. The number of hydrazine groups is 1. The zero-order chi connectivity index (χ0) is 26.1. The van der Waals surface area contributed by atoms with Gasteiger partial charge in [-0.05, 0) is 11.1 Å². The molecule has 186 valence electrons. The number of nitrogens with one attached hydrogen (secondary N) is 2. The minimum absolute atomic E-state index is 0.0124. The second kappa shape index (κ2) is 12.4. The number of nitrogens with zero attached hydrogens (tertiary/aromatic N) is 3. The van der Waals surface area contributed by atoms with E-state index in [0.717, 1.165) is 21.5 Å². The molecule has 10 nitrogen and oxygen atoms in total. The molecule has 0 spiro atoms. The highest BCUT2D eigenvalue weighted by atomic mass is 16.4. The predicted molar refractivity (Wildman–Crippen MR) is 135 cm³/mol. The van der Waals surface area contributed by atoms with Gasteiger partial charge in [0.05, 0.1) is 19.5 Å². The maximum absolute atomic E-state index is 13.0. The number of carbonyl (C=O) groups is 4. The van der Waals surface area contributed by atoms with E-state index in [4.69, 9.17) is 6.42 Å². The van der Waals surface area contributed by atoms with Gasteiger partial charge in [-0.2, -0.15) is 5.01 Å². The fourth-order valence-corrected chi connectivity index (χ4v) is 3.86. The van der Waals surface area contributed by atoms with E-state index in [1.807, 2.05) is 62.4 Å². The molecule has 1 atom stereocenters. The fourth-order valence-electron chi connectivity index (χ4n) is 3.86. The zero-order valence-corrected chi connectivity index (χ0v) is 20.0. The van der Waals surface area contributed by atoms with E-state index < -0.39 is 36.3 Å². The molecule has 36 heavy (non-hydrogen) atoms. The Kier molecular flexibility index (Phi) is 9.08. The molecule has 0 bridgehead atoms. The van der Waals surface area contributed by atoms with Gasteiger partial charge in [0.2, 0.25) is 11.8 Å². The predicted octanol–water partition coefficient (Wildman–Crippen LogP) is -0.734. The zero-order valence-electron chi connectivity index (χ0n) is 20.0. The van der Waals surface area contributed by atoms with Crippen LogP contribution in [0.15, 0.2) is 54.6 Å². The Labute approximate surface area is 210 Å². The first-order valence-corrected chi connectivity index (χ1v) is 11.4. The largest absolute Gasteiger partial charge is 0.481 e. The maximum Gasteiger partial charge on any atom is 0.333 e. The summed E-state index contributed by atoms with van der Waals surface area (Å²) in [5, 5.41) is 17.6. The van der Waals surface area contributed by atoms with Gasteiger partial charge in [0.15, 0.2) is 0 Å². The molecule has 1 heterocycles. The van der Waals surface area contributed by atoms with Gasteiger partial charge in [0.25, 0.3) is 0 Å². The van der Waals surface area contributed by atoms with Crippen molar-refractivity contribution in [1.29, 1.82) is 0 Å². The lowest BCUT2D eigenvalue weighted by molar-refractivity contribution is -0.161. The summed E-state index contributed by atoms with van der Waals surface area (Å²) in [5.41, 5.74) is 2.73. The number of amides is 4. The van der Waals surface area contributed by atoms with Crippen molar-refractivity contribution in [3.63, 3.8) is 0 Å². The molecule has 2 aromatic rings. The number of benzene rings is 2. The molecular weight excluding hydrogens is 461 g/mol. The molecule has 1 aliphatic heterocycles. The van der Waals surface area contributed by atoms with E-state index in [1.54, 1.807) is 0 Å². The number of hydrogen-bond donors (Lipinski definition) is 3. The normalized spacial score (nSPS) is 14.6. The molecule has 1 saturated heterocycles. The number of carboxylic acids is 1. The van der Waals surface area contributed by atoms with E-state index in [-0.39, 0.29) is 32.8 Å². The van der Waals surface area contributed by atoms with Crippen molar-refractivity contribution in [3.8, 4) is 12.3 Å². The number of rotatable bonds is 9. The van der Waals surface area contributed by atoms with Crippen LogP contribution in [-0.2, 0) is 27.5 Å².